The zero-order valence-corrected chi connectivity index (χ0v) is 13.5. The van der Waals surface area contributed by atoms with Crippen LogP contribution in [0, 0.1) is 12.8 Å². The normalized spacial score (nSPS) is 22.2. The first-order valence-electron chi connectivity index (χ1n) is 7.96. The molecule has 1 aliphatic rings. The highest BCUT2D eigenvalue weighted by Gasteiger charge is 2.26. The van der Waals surface area contributed by atoms with Crippen LogP contribution in [0.25, 0.3) is 5.65 Å². The van der Waals surface area contributed by atoms with E-state index in [2.05, 4.69) is 46.9 Å². The second-order valence-electron chi connectivity index (χ2n) is 6.40. The molecular weight excluding hydrogens is 276 g/mol. The summed E-state index contributed by atoms with van der Waals surface area (Å²) in [6.07, 6.45) is 5.03. The third-order valence-corrected chi connectivity index (χ3v) is 4.64. The topological polar surface area (TPSA) is 49.6 Å². The zero-order chi connectivity index (χ0) is 15.7. The number of imidazole rings is 1. The van der Waals surface area contributed by atoms with Crippen molar-refractivity contribution in [2.45, 2.75) is 39.8 Å². The van der Waals surface area contributed by atoms with E-state index >= 15 is 0 Å². The summed E-state index contributed by atoms with van der Waals surface area (Å²) in [6.45, 7) is 8.45. The van der Waals surface area contributed by atoms with Gasteiger partial charge in [-0.1, -0.05) is 6.92 Å². The van der Waals surface area contributed by atoms with Crippen LogP contribution in [-0.4, -0.2) is 39.3 Å². The third-order valence-electron chi connectivity index (χ3n) is 4.64. The first kappa shape index (κ1) is 15.0. The smallest absolute Gasteiger partial charge is 0.219 e. The van der Waals surface area contributed by atoms with Gasteiger partial charge >= 0.3 is 0 Å². The highest BCUT2D eigenvalue weighted by Crippen LogP contribution is 2.18. The quantitative estimate of drug-likeness (QED) is 0.943. The van der Waals surface area contributed by atoms with E-state index in [0.717, 1.165) is 31.7 Å². The van der Waals surface area contributed by atoms with Gasteiger partial charge in [-0.2, -0.15) is 0 Å². The number of hydrogen-bond donors (Lipinski definition) is 1. The van der Waals surface area contributed by atoms with Crippen LogP contribution < -0.4 is 5.32 Å². The van der Waals surface area contributed by atoms with E-state index in [1.54, 1.807) is 6.92 Å². The number of piperidine rings is 1. The molecule has 3 heterocycles. The van der Waals surface area contributed by atoms with E-state index in [4.69, 9.17) is 0 Å². The van der Waals surface area contributed by atoms with Crippen LogP contribution in [0.4, 0.5) is 0 Å². The average molecular weight is 300 g/mol. The van der Waals surface area contributed by atoms with Gasteiger partial charge in [0, 0.05) is 38.8 Å². The van der Waals surface area contributed by atoms with Gasteiger partial charge in [0.15, 0.2) is 0 Å². The Kier molecular flexibility index (Phi) is 4.16. The van der Waals surface area contributed by atoms with Gasteiger partial charge in [0.25, 0.3) is 0 Å². The molecule has 2 aromatic rings. The molecular formula is C17H24N4O. The number of aryl methyl sites for hydroxylation is 1. The molecule has 0 aromatic carbocycles. The molecule has 0 unspecified atom stereocenters. The maximum atomic E-state index is 11.5. The van der Waals surface area contributed by atoms with E-state index < -0.39 is 0 Å². The lowest BCUT2D eigenvalue weighted by molar-refractivity contribution is -0.130. The minimum absolute atomic E-state index is 0.183. The molecule has 0 aliphatic carbocycles. The molecule has 0 saturated carbocycles. The number of fused-ring (bicyclic) bond motifs is 1. The molecule has 0 bridgehead atoms. The summed E-state index contributed by atoms with van der Waals surface area (Å²) in [4.78, 5) is 17.9. The largest absolute Gasteiger partial charge is 0.343 e. The molecule has 22 heavy (non-hydrogen) atoms. The van der Waals surface area contributed by atoms with Gasteiger partial charge in [-0.05, 0) is 37.0 Å². The minimum Gasteiger partial charge on any atom is -0.343 e. The molecule has 2 atom stereocenters. The summed E-state index contributed by atoms with van der Waals surface area (Å²) in [5.41, 5.74) is 3.40. The van der Waals surface area contributed by atoms with Crippen LogP contribution in [0.5, 0.6) is 0 Å². The summed E-state index contributed by atoms with van der Waals surface area (Å²) >= 11 is 0. The monoisotopic (exact) mass is 300 g/mol. The molecule has 0 radical (unpaired) electrons. The Balaban J connectivity index is 1.63. The maximum absolute atomic E-state index is 11.5. The molecule has 1 amide bonds. The van der Waals surface area contributed by atoms with Crippen LogP contribution in [0.1, 0.15) is 31.5 Å². The fourth-order valence-electron chi connectivity index (χ4n) is 3.24. The minimum atomic E-state index is 0.183. The Bertz CT molecular complexity index is 678. The van der Waals surface area contributed by atoms with Crippen molar-refractivity contribution in [1.29, 1.82) is 0 Å². The Hall–Kier alpha value is -1.88. The first-order chi connectivity index (χ1) is 10.5. The zero-order valence-electron chi connectivity index (χ0n) is 13.5. The average Bonchev–Trinajstić information content (AvgIpc) is 2.88. The first-order valence-corrected chi connectivity index (χ1v) is 7.96. The van der Waals surface area contributed by atoms with Crippen molar-refractivity contribution in [2.24, 2.45) is 5.92 Å². The predicted octanol–water partition coefficient (Wildman–Crippen LogP) is 1.99. The number of hydrogen-bond acceptors (Lipinski definition) is 3. The summed E-state index contributed by atoms with van der Waals surface area (Å²) < 4.78 is 2.13. The molecule has 1 fully saturated rings. The van der Waals surface area contributed by atoms with Gasteiger partial charge in [0.2, 0.25) is 5.91 Å². The van der Waals surface area contributed by atoms with Gasteiger partial charge in [0.05, 0.1) is 11.9 Å². The molecule has 1 N–H and O–H groups in total. The van der Waals surface area contributed by atoms with E-state index in [0.29, 0.717) is 12.0 Å². The molecule has 5 nitrogen and oxygen atoms in total. The van der Waals surface area contributed by atoms with Crippen molar-refractivity contribution in [3.8, 4) is 0 Å². The van der Waals surface area contributed by atoms with Crippen LogP contribution in [-0.2, 0) is 11.3 Å². The number of carbonyl (C=O) groups excluding carboxylic acids is 1. The fraction of sp³-hybridized carbons (Fsp3) is 0.529. The van der Waals surface area contributed by atoms with E-state index in [1.807, 2.05) is 11.1 Å². The Morgan fingerprint density at radius 2 is 2.32 bits per heavy atom. The molecule has 3 rings (SSSR count). The highest BCUT2D eigenvalue weighted by atomic mass is 16.2. The van der Waals surface area contributed by atoms with Gasteiger partial charge < -0.3 is 14.6 Å². The fourth-order valence-corrected chi connectivity index (χ4v) is 3.24. The van der Waals surface area contributed by atoms with Gasteiger partial charge in [-0.25, -0.2) is 4.98 Å². The van der Waals surface area contributed by atoms with Crippen LogP contribution >= 0.6 is 0 Å². The Morgan fingerprint density at radius 1 is 1.50 bits per heavy atom. The predicted molar refractivity (Wildman–Crippen MR) is 86.6 cm³/mol. The van der Waals surface area contributed by atoms with E-state index in [9.17, 15) is 4.79 Å². The summed E-state index contributed by atoms with van der Waals surface area (Å²) in [6, 6.07) is 4.65. The lowest BCUT2D eigenvalue weighted by atomic mass is 9.94. The number of carbonyl (C=O) groups is 1. The number of rotatable bonds is 3. The summed E-state index contributed by atoms with van der Waals surface area (Å²) in [5, 5.41) is 3.64. The number of amides is 1. The van der Waals surface area contributed by atoms with Crippen molar-refractivity contribution in [3.63, 3.8) is 0 Å². The number of likely N-dealkylation sites (tertiary alicyclic amines) is 1. The second kappa shape index (κ2) is 6.08. The highest BCUT2D eigenvalue weighted by molar-refractivity contribution is 5.73. The molecule has 1 aliphatic heterocycles. The summed E-state index contributed by atoms with van der Waals surface area (Å²) in [5.74, 6) is 0.654. The van der Waals surface area contributed by atoms with Crippen molar-refractivity contribution >= 4 is 11.6 Å². The van der Waals surface area contributed by atoms with Crippen molar-refractivity contribution in [1.82, 2.24) is 19.6 Å². The van der Waals surface area contributed by atoms with Crippen molar-refractivity contribution in [2.75, 3.05) is 13.1 Å². The third kappa shape index (κ3) is 2.99. The Morgan fingerprint density at radius 3 is 3.05 bits per heavy atom. The van der Waals surface area contributed by atoms with E-state index in [-0.39, 0.29) is 5.91 Å². The lowest BCUT2D eigenvalue weighted by Gasteiger charge is -2.37. The van der Waals surface area contributed by atoms with Crippen molar-refractivity contribution < 1.29 is 4.79 Å². The van der Waals surface area contributed by atoms with Gasteiger partial charge in [0.1, 0.15) is 5.65 Å². The van der Waals surface area contributed by atoms with Gasteiger partial charge in [-0.3, -0.25) is 4.79 Å². The van der Waals surface area contributed by atoms with Crippen LogP contribution in [0.15, 0.2) is 24.5 Å². The standard InChI is InChI=1S/C17H24N4O/c1-12-4-7-21-15(10-19-17(21)8-12)9-18-16-5-6-20(14(3)22)11-13(16)2/h4,7-8,10,13,16,18H,5-6,9,11H2,1-3H3/t13-,16-/m1/s1. The molecule has 118 valence electrons. The lowest BCUT2D eigenvalue weighted by Crippen LogP contribution is -2.49. The van der Waals surface area contributed by atoms with Crippen LogP contribution in [0.3, 0.4) is 0 Å². The molecule has 5 heteroatoms. The molecule has 2 aromatic heterocycles. The summed E-state index contributed by atoms with van der Waals surface area (Å²) in [7, 11) is 0. The van der Waals surface area contributed by atoms with E-state index in [1.165, 1.54) is 11.3 Å². The number of nitrogens with one attached hydrogen (secondary N) is 1. The van der Waals surface area contributed by atoms with Crippen LogP contribution in [0.2, 0.25) is 0 Å². The van der Waals surface area contributed by atoms with Crippen molar-refractivity contribution in [3.05, 3.63) is 35.8 Å². The van der Waals surface area contributed by atoms with Gasteiger partial charge in [-0.15, -0.1) is 0 Å². The number of aromatic nitrogens is 2. The second-order valence-corrected chi connectivity index (χ2v) is 6.40. The number of nitrogens with zero attached hydrogens (tertiary/aromatic N) is 3. The number of pyridine rings is 1. The molecule has 0 spiro atoms. The Labute approximate surface area is 131 Å². The SMILES string of the molecule is CC(=O)N1CC[C@@H](NCc2cnc3cc(C)ccn23)[C@H](C)C1. The maximum Gasteiger partial charge on any atom is 0.219 e. The molecule has 1 saturated heterocycles.